The third-order valence-corrected chi connectivity index (χ3v) is 6.40. The number of halogens is 1. The van der Waals surface area contributed by atoms with E-state index in [1.54, 1.807) is 28.4 Å². The van der Waals surface area contributed by atoms with Gasteiger partial charge in [-0.05, 0) is 0 Å². The zero-order chi connectivity index (χ0) is 15.0. The van der Waals surface area contributed by atoms with Gasteiger partial charge in [0.1, 0.15) is 0 Å². The SMILES string of the molecule is COC(OC)[C@@H](Cl)[C@H]([Se]c1ccccc1)C(OC)OC. The Kier molecular flexibility index (Phi) is 8.73. The zero-order valence-corrected chi connectivity index (χ0v) is 14.6. The van der Waals surface area contributed by atoms with E-state index in [-0.39, 0.29) is 25.2 Å². The number of benzene rings is 1. The molecule has 0 heterocycles. The topological polar surface area (TPSA) is 36.9 Å². The van der Waals surface area contributed by atoms with Gasteiger partial charge in [0.25, 0.3) is 0 Å². The van der Waals surface area contributed by atoms with Gasteiger partial charge in [0.15, 0.2) is 0 Å². The normalized spacial score (nSPS) is 14.8. The van der Waals surface area contributed by atoms with Crippen molar-refractivity contribution in [3.8, 4) is 0 Å². The first-order chi connectivity index (χ1) is 9.67. The molecule has 0 unspecified atom stereocenters. The van der Waals surface area contributed by atoms with Gasteiger partial charge < -0.3 is 0 Å². The molecule has 0 bridgehead atoms. The van der Waals surface area contributed by atoms with Gasteiger partial charge in [0.05, 0.1) is 0 Å². The number of methoxy groups -OCH3 is 4. The van der Waals surface area contributed by atoms with Gasteiger partial charge in [-0.25, -0.2) is 0 Å². The first-order valence-corrected chi connectivity index (χ1v) is 8.43. The fourth-order valence-corrected chi connectivity index (χ4v) is 4.95. The molecule has 0 N–H and O–H groups in total. The minimum atomic E-state index is -0.500. The summed E-state index contributed by atoms with van der Waals surface area (Å²) in [4.78, 5) is -0.0357. The number of hydrogen-bond donors (Lipinski definition) is 0. The maximum absolute atomic E-state index is 6.52. The van der Waals surface area contributed by atoms with Crippen molar-refractivity contribution in [3.05, 3.63) is 30.3 Å². The van der Waals surface area contributed by atoms with Crippen LogP contribution in [-0.4, -0.2) is 61.4 Å². The second-order valence-corrected chi connectivity index (χ2v) is 7.15. The van der Waals surface area contributed by atoms with E-state index >= 15 is 0 Å². The summed E-state index contributed by atoms with van der Waals surface area (Å²) < 4.78 is 22.5. The molecule has 6 heteroatoms. The van der Waals surface area contributed by atoms with Gasteiger partial charge in [0.2, 0.25) is 0 Å². The van der Waals surface area contributed by atoms with Gasteiger partial charge in [-0.3, -0.25) is 0 Å². The van der Waals surface area contributed by atoms with Gasteiger partial charge in [-0.2, -0.15) is 0 Å². The summed E-state index contributed by atoms with van der Waals surface area (Å²) in [5.74, 6) is 0. The van der Waals surface area contributed by atoms with Gasteiger partial charge in [-0.1, -0.05) is 0 Å². The molecule has 0 aliphatic heterocycles. The molecular weight excluding hydrogens is 347 g/mol. The van der Waals surface area contributed by atoms with Crippen molar-refractivity contribution < 1.29 is 18.9 Å². The molecule has 1 rings (SSSR count). The summed E-state index contributed by atoms with van der Waals surface area (Å²) in [6, 6.07) is 10.2. The van der Waals surface area contributed by atoms with Crippen molar-refractivity contribution in [1.82, 2.24) is 0 Å². The van der Waals surface area contributed by atoms with E-state index in [9.17, 15) is 0 Å². The summed E-state index contributed by atoms with van der Waals surface area (Å²) in [6.45, 7) is 0. The fourth-order valence-electron chi connectivity index (χ4n) is 1.80. The number of ether oxygens (including phenoxy) is 4. The fraction of sp³-hybridized carbons (Fsp3) is 0.571. The van der Waals surface area contributed by atoms with Crippen molar-refractivity contribution >= 4 is 31.0 Å². The molecule has 1 aromatic rings. The molecular formula is C14H21ClO4Se. The predicted molar refractivity (Wildman–Crippen MR) is 80.8 cm³/mol. The van der Waals surface area contributed by atoms with Gasteiger partial charge in [0, 0.05) is 0 Å². The molecule has 0 fully saturated rings. The Labute approximate surface area is 131 Å². The Balaban J connectivity index is 2.89. The van der Waals surface area contributed by atoms with E-state index in [1.807, 2.05) is 18.2 Å². The van der Waals surface area contributed by atoms with Crippen molar-refractivity contribution in [2.24, 2.45) is 0 Å². The summed E-state index contributed by atoms with van der Waals surface area (Å²) >= 11 is 6.59. The first-order valence-electron chi connectivity index (χ1n) is 6.14. The van der Waals surface area contributed by atoms with Crippen LogP contribution in [0.2, 0.25) is 4.82 Å². The average molecular weight is 368 g/mol. The van der Waals surface area contributed by atoms with E-state index in [0.717, 1.165) is 0 Å². The number of rotatable bonds is 9. The molecule has 2 atom stereocenters. The third kappa shape index (κ3) is 5.01. The molecule has 1 aromatic carbocycles. The van der Waals surface area contributed by atoms with E-state index in [1.165, 1.54) is 4.46 Å². The zero-order valence-electron chi connectivity index (χ0n) is 12.1. The van der Waals surface area contributed by atoms with Crippen LogP contribution in [0.15, 0.2) is 30.3 Å². The molecule has 0 saturated carbocycles. The van der Waals surface area contributed by atoms with Crippen LogP contribution in [-0.2, 0) is 18.9 Å². The summed E-state index contributed by atoms with van der Waals surface area (Å²) in [6.07, 6.45) is -0.898. The summed E-state index contributed by atoms with van der Waals surface area (Å²) in [5, 5.41) is -0.366. The van der Waals surface area contributed by atoms with E-state index in [2.05, 4.69) is 12.1 Å². The molecule has 114 valence electrons. The number of alkyl halides is 1. The predicted octanol–water partition coefficient (Wildman–Crippen LogP) is 1.65. The Bertz CT molecular complexity index is 357. The molecule has 0 amide bonds. The second kappa shape index (κ2) is 9.74. The van der Waals surface area contributed by atoms with Crippen LogP contribution in [0.4, 0.5) is 0 Å². The first kappa shape index (κ1) is 17.9. The van der Waals surface area contributed by atoms with Crippen LogP contribution in [0.1, 0.15) is 0 Å². The Morgan fingerprint density at radius 2 is 1.35 bits per heavy atom. The van der Waals surface area contributed by atoms with Crippen LogP contribution >= 0.6 is 11.6 Å². The molecule has 0 saturated heterocycles. The third-order valence-electron chi connectivity index (χ3n) is 2.79. The minimum absolute atomic E-state index is 0.0357. The molecule has 0 aliphatic rings. The molecule has 0 aliphatic carbocycles. The molecule has 0 spiro atoms. The molecule has 0 aromatic heterocycles. The Morgan fingerprint density at radius 3 is 1.80 bits per heavy atom. The number of hydrogen-bond acceptors (Lipinski definition) is 4. The van der Waals surface area contributed by atoms with Crippen LogP contribution in [0.5, 0.6) is 0 Å². The van der Waals surface area contributed by atoms with Crippen molar-refractivity contribution in [3.63, 3.8) is 0 Å². The Morgan fingerprint density at radius 1 is 0.850 bits per heavy atom. The van der Waals surface area contributed by atoms with Crippen molar-refractivity contribution in [1.29, 1.82) is 0 Å². The van der Waals surface area contributed by atoms with Crippen molar-refractivity contribution in [2.75, 3.05) is 28.4 Å². The van der Waals surface area contributed by atoms with E-state index < -0.39 is 12.6 Å². The molecule has 4 nitrogen and oxygen atoms in total. The molecule has 0 radical (unpaired) electrons. The van der Waals surface area contributed by atoms with Crippen LogP contribution in [0.25, 0.3) is 0 Å². The van der Waals surface area contributed by atoms with E-state index in [4.69, 9.17) is 30.5 Å². The standard InChI is InChI=1S/C14H21ClO4Se/c1-16-13(17-2)11(15)12(14(18-3)19-4)20-10-8-6-5-7-9-10/h5-9,11-14H,1-4H3/t11-,12-/m0/s1. The summed E-state index contributed by atoms with van der Waals surface area (Å²) in [5.41, 5.74) is 0. The maximum atomic E-state index is 6.52. The average Bonchev–Trinajstić information content (AvgIpc) is 2.49. The van der Waals surface area contributed by atoms with Gasteiger partial charge in [-0.15, -0.1) is 0 Å². The quantitative estimate of drug-likeness (QED) is 0.378. The monoisotopic (exact) mass is 368 g/mol. The second-order valence-electron chi connectivity index (χ2n) is 4.02. The Hall–Kier alpha value is -0.131. The van der Waals surface area contributed by atoms with Gasteiger partial charge >= 0.3 is 132 Å². The van der Waals surface area contributed by atoms with Crippen molar-refractivity contribution in [2.45, 2.75) is 22.8 Å². The van der Waals surface area contributed by atoms with Crippen LogP contribution < -0.4 is 4.46 Å². The van der Waals surface area contributed by atoms with E-state index in [0.29, 0.717) is 0 Å². The van der Waals surface area contributed by atoms with Crippen LogP contribution in [0.3, 0.4) is 0 Å². The summed E-state index contributed by atoms with van der Waals surface area (Å²) in [7, 11) is 6.37. The van der Waals surface area contributed by atoms with Crippen LogP contribution in [0, 0.1) is 0 Å². The molecule has 20 heavy (non-hydrogen) atoms.